The molecule has 3 atom stereocenters. The van der Waals surface area contributed by atoms with Crippen LogP contribution in [0.1, 0.15) is 54.1 Å². The van der Waals surface area contributed by atoms with Crippen LogP contribution < -0.4 is 10.9 Å². The van der Waals surface area contributed by atoms with Gasteiger partial charge in [-0.3, -0.25) is 19.0 Å². The highest BCUT2D eigenvalue weighted by molar-refractivity contribution is 5.94. The molecular weight excluding hydrogens is 539 g/mol. The maximum absolute atomic E-state index is 14.2. The van der Waals surface area contributed by atoms with E-state index in [0.29, 0.717) is 24.3 Å². The van der Waals surface area contributed by atoms with Gasteiger partial charge < -0.3 is 19.9 Å². The molecule has 2 aromatic carbocycles. The van der Waals surface area contributed by atoms with E-state index >= 15 is 0 Å². The molecule has 0 aliphatic carbocycles. The quantitative estimate of drug-likeness (QED) is 0.474. The summed E-state index contributed by atoms with van der Waals surface area (Å²) in [6, 6.07) is 7.73. The lowest BCUT2D eigenvalue weighted by Gasteiger charge is -2.35. The number of nitrogens with zero attached hydrogens (tertiary/aromatic N) is 4. The SMILES string of the molecule is Cc1nc2cc(C(F)(F)F)c([C@H](C)Nc3ccc(C(=O)N4C[C@@H](C)O[C@@H](C)C4)cc3)cc2c(=O)n1CC(=O)N(C)C. The first-order valence-corrected chi connectivity index (χ1v) is 13.3. The number of hydrogen-bond acceptors (Lipinski definition) is 6. The van der Waals surface area contributed by atoms with Crippen LogP contribution in [-0.2, 0) is 22.3 Å². The molecule has 41 heavy (non-hydrogen) atoms. The molecule has 1 aliphatic rings. The largest absolute Gasteiger partial charge is 0.416 e. The number of aromatic nitrogens is 2. The lowest BCUT2D eigenvalue weighted by atomic mass is 9.98. The number of halogens is 3. The van der Waals surface area contributed by atoms with E-state index in [0.717, 1.165) is 10.6 Å². The number of morpholine rings is 1. The third-order valence-corrected chi connectivity index (χ3v) is 7.10. The molecule has 0 spiro atoms. The van der Waals surface area contributed by atoms with E-state index in [-0.39, 0.29) is 52.9 Å². The Morgan fingerprint density at radius 1 is 1.12 bits per heavy atom. The molecule has 9 nitrogen and oxygen atoms in total. The van der Waals surface area contributed by atoms with Crippen LogP contribution in [0.2, 0.25) is 0 Å². The number of alkyl halides is 3. The van der Waals surface area contributed by atoms with Crippen LogP contribution in [0, 0.1) is 6.92 Å². The zero-order valence-electron chi connectivity index (χ0n) is 23.9. The molecular formula is C29H34F3N5O4. The first-order chi connectivity index (χ1) is 19.1. The molecule has 220 valence electrons. The van der Waals surface area contributed by atoms with Crippen molar-refractivity contribution in [1.82, 2.24) is 19.4 Å². The molecule has 0 saturated carbocycles. The van der Waals surface area contributed by atoms with Crippen molar-refractivity contribution in [2.45, 2.75) is 58.7 Å². The summed E-state index contributed by atoms with van der Waals surface area (Å²) in [6.07, 6.45) is -4.86. The van der Waals surface area contributed by atoms with Crippen molar-refractivity contribution in [2.75, 3.05) is 32.5 Å². The highest BCUT2D eigenvalue weighted by Crippen LogP contribution is 2.37. The number of nitrogens with one attached hydrogen (secondary N) is 1. The third-order valence-electron chi connectivity index (χ3n) is 7.10. The van der Waals surface area contributed by atoms with Crippen molar-refractivity contribution in [1.29, 1.82) is 0 Å². The van der Waals surface area contributed by atoms with E-state index in [1.807, 2.05) is 13.8 Å². The van der Waals surface area contributed by atoms with E-state index in [9.17, 15) is 27.6 Å². The van der Waals surface area contributed by atoms with Crippen LogP contribution in [0.5, 0.6) is 0 Å². The summed E-state index contributed by atoms with van der Waals surface area (Å²) < 4.78 is 49.3. The molecule has 1 aromatic heterocycles. The van der Waals surface area contributed by atoms with Crippen molar-refractivity contribution in [2.24, 2.45) is 0 Å². The number of anilines is 1. The van der Waals surface area contributed by atoms with Gasteiger partial charge in [-0.05, 0) is 69.7 Å². The van der Waals surface area contributed by atoms with Crippen LogP contribution in [0.3, 0.4) is 0 Å². The van der Waals surface area contributed by atoms with E-state index in [1.165, 1.54) is 17.9 Å². The number of rotatable bonds is 6. The number of fused-ring (bicyclic) bond motifs is 1. The molecule has 0 radical (unpaired) electrons. The van der Waals surface area contributed by atoms with Gasteiger partial charge in [0.05, 0.1) is 28.7 Å². The van der Waals surface area contributed by atoms with Gasteiger partial charge in [0.15, 0.2) is 0 Å². The Morgan fingerprint density at radius 2 is 1.73 bits per heavy atom. The second-order valence-corrected chi connectivity index (χ2v) is 10.7. The van der Waals surface area contributed by atoms with Crippen LogP contribution >= 0.6 is 0 Å². The Hall–Kier alpha value is -3.93. The Bertz CT molecular complexity index is 1510. The maximum Gasteiger partial charge on any atom is 0.416 e. The van der Waals surface area contributed by atoms with Gasteiger partial charge in [-0.2, -0.15) is 13.2 Å². The van der Waals surface area contributed by atoms with Gasteiger partial charge in [-0.1, -0.05) is 0 Å². The van der Waals surface area contributed by atoms with E-state index in [4.69, 9.17) is 4.74 Å². The summed E-state index contributed by atoms with van der Waals surface area (Å²) in [5.41, 5.74) is -0.795. The number of likely N-dealkylation sites (N-methyl/N-ethyl adjacent to an activating group) is 1. The number of carbonyl (C=O) groups is 2. The zero-order chi connectivity index (χ0) is 30.2. The minimum Gasteiger partial charge on any atom is -0.379 e. The number of amides is 2. The van der Waals surface area contributed by atoms with Gasteiger partial charge in [0, 0.05) is 44.5 Å². The average Bonchev–Trinajstić information content (AvgIpc) is 2.89. The van der Waals surface area contributed by atoms with Crippen molar-refractivity contribution >= 4 is 28.4 Å². The van der Waals surface area contributed by atoms with Crippen LogP contribution in [0.25, 0.3) is 10.9 Å². The number of ether oxygens (including phenoxy) is 1. The molecule has 2 amide bonds. The van der Waals surface area contributed by atoms with Gasteiger partial charge >= 0.3 is 6.18 Å². The summed E-state index contributed by atoms with van der Waals surface area (Å²) in [5, 5.41) is 3.03. The van der Waals surface area contributed by atoms with Gasteiger partial charge in [-0.25, -0.2) is 4.98 Å². The Kier molecular flexibility index (Phi) is 8.44. The molecule has 0 unspecified atom stereocenters. The highest BCUT2D eigenvalue weighted by Gasteiger charge is 2.36. The average molecular weight is 574 g/mol. The minimum absolute atomic E-state index is 0.0197. The third kappa shape index (κ3) is 6.53. The second kappa shape index (κ2) is 11.5. The fourth-order valence-corrected chi connectivity index (χ4v) is 5.03. The zero-order valence-corrected chi connectivity index (χ0v) is 23.9. The van der Waals surface area contributed by atoms with Crippen LogP contribution in [-0.4, -0.2) is 70.6 Å². The molecule has 1 N–H and O–H groups in total. The number of benzene rings is 2. The van der Waals surface area contributed by atoms with Crippen LogP contribution in [0.15, 0.2) is 41.2 Å². The van der Waals surface area contributed by atoms with E-state index in [1.54, 1.807) is 50.2 Å². The number of hydrogen-bond donors (Lipinski definition) is 1. The topological polar surface area (TPSA) is 96.8 Å². The summed E-state index contributed by atoms with van der Waals surface area (Å²) in [7, 11) is 3.09. The monoisotopic (exact) mass is 573 g/mol. The molecule has 12 heteroatoms. The molecule has 3 aromatic rings. The first-order valence-electron chi connectivity index (χ1n) is 13.3. The minimum atomic E-state index is -4.70. The fraction of sp³-hybridized carbons (Fsp3) is 0.448. The standard InChI is InChI=1S/C29H34F3N5O4/c1-16-13-36(14-17(2)41-16)27(39)20-7-9-21(10-8-20)33-18(3)22-11-23-25(12-24(22)29(30,31)32)34-19(4)37(28(23)40)15-26(38)35(5)6/h7-12,16-18,33H,13-15H2,1-6H3/t16-,17+,18-/m0/s1. The van der Waals surface area contributed by atoms with Crippen LogP contribution in [0.4, 0.5) is 18.9 Å². The van der Waals surface area contributed by atoms with E-state index in [2.05, 4.69) is 10.3 Å². The van der Waals surface area contributed by atoms with Gasteiger partial charge in [0.1, 0.15) is 12.4 Å². The number of aryl methyl sites for hydroxylation is 1. The Morgan fingerprint density at radius 3 is 2.29 bits per heavy atom. The fourth-order valence-electron chi connectivity index (χ4n) is 5.03. The predicted molar refractivity (Wildman–Crippen MR) is 149 cm³/mol. The molecule has 1 fully saturated rings. The van der Waals surface area contributed by atoms with Gasteiger partial charge in [0.25, 0.3) is 11.5 Å². The van der Waals surface area contributed by atoms with Gasteiger partial charge in [-0.15, -0.1) is 0 Å². The molecule has 0 bridgehead atoms. The van der Waals surface area contributed by atoms with Crippen molar-refractivity contribution in [3.05, 3.63) is 69.3 Å². The van der Waals surface area contributed by atoms with Crippen molar-refractivity contribution in [3.8, 4) is 0 Å². The molecule has 4 rings (SSSR count). The summed E-state index contributed by atoms with van der Waals surface area (Å²) >= 11 is 0. The maximum atomic E-state index is 14.2. The normalized spacial score (nSPS) is 18.3. The predicted octanol–water partition coefficient (Wildman–Crippen LogP) is 4.23. The lowest BCUT2D eigenvalue weighted by molar-refractivity contribution is -0.138. The smallest absolute Gasteiger partial charge is 0.379 e. The first kappa shape index (κ1) is 30.0. The summed E-state index contributed by atoms with van der Waals surface area (Å²) in [5.74, 6) is -0.356. The summed E-state index contributed by atoms with van der Waals surface area (Å²) in [4.78, 5) is 45.8. The molecule has 1 saturated heterocycles. The van der Waals surface area contributed by atoms with Gasteiger partial charge in [0.2, 0.25) is 5.91 Å². The number of carbonyl (C=O) groups excluding carboxylic acids is 2. The Labute approximate surface area is 235 Å². The van der Waals surface area contributed by atoms with Crippen molar-refractivity contribution < 1.29 is 27.5 Å². The van der Waals surface area contributed by atoms with Crippen molar-refractivity contribution in [3.63, 3.8) is 0 Å². The molecule has 1 aliphatic heterocycles. The molecule has 2 heterocycles. The lowest BCUT2D eigenvalue weighted by Crippen LogP contribution is -2.48. The summed E-state index contributed by atoms with van der Waals surface area (Å²) in [6.45, 7) is 7.51. The van der Waals surface area contributed by atoms with E-state index < -0.39 is 23.3 Å². The second-order valence-electron chi connectivity index (χ2n) is 10.7. The highest BCUT2D eigenvalue weighted by atomic mass is 19.4. The Balaban J connectivity index is 1.65.